The molecule has 1 atom stereocenters. The lowest BCUT2D eigenvalue weighted by atomic mass is 10.2. The standard InChI is InChI=1S/C12H14N4/c1-9(6-13)8-16(3)12-11(7-14)5-4-10(2)15-12/h4-5,9H,8H2,1-3H3. The molecule has 1 aromatic heterocycles. The Hall–Kier alpha value is -2.07. The van der Waals surface area contributed by atoms with E-state index in [2.05, 4.69) is 17.1 Å². The minimum absolute atomic E-state index is 0.0844. The third-order valence-corrected chi connectivity index (χ3v) is 2.26. The first kappa shape index (κ1) is 12.0. The molecule has 4 nitrogen and oxygen atoms in total. The maximum absolute atomic E-state index is 8.97. The first-order chi connectivity index (χ1) is 7.58. The van der Waals surface area contributed by atoms with E-state index in [0.717, 1.165) is 5.69 Å². The molecule has 0 aliphatic rings. The number of anilines is 1. The Morgan fingerprint density at radius 1 is 1.44 bits per heavy atom. The van der Waals surface area contributed by atoms with Gasteiger partial charge in [-0.2, -0.15) is 10.5 Å². The van der Waals surface area contributed by atoms with Crippen LogP contribution in [0.5, 0.6) is 0 Å². The third-order valence-electron chi connectivity index (χ3n) is 2.26. The lowest BCUT2D eigenvalue weighted by molar-refractivity contribution is 0.709. The quantitative estimate of drug-likeness (QED) is 0.770. The summed E-state index contributed by atoms with van der Waals surface area (Å²) in [7, 11) is 1.84. The second-order valence-electron chi connectivity index (χ2n) is 3.85. The fourth-order valence-electron chi connectivity index (χ4n) is 1.46. The molecule has 0 aromatic carbocycles. The lowest BCUT2D eigenvalue weighted by Crippen LogP contribution is -2.25. The molecule has 0 N–H and O–H groups in total. The normalized spacial score (nSPS) is 11.3. The summed E-state index contributed by atoms with van der Waals surface area (Å²) in [4.78, 5) is 6.17. The molecule has 0 aliphatic carbocycles. The van der Waals surface area contributed by atoms with Crippen molar-refractivity contribution >= 4 is 5.82 Å². The van der Waals surface area contributed by atoms with Crippen LogP contribution in [0.1, 0.15) is 18.2 Å². The van der Waals surface area contributed by atoms with Gasteiger partial charge in [0, 0.05) is 19.3 Å². The van der Waals surface area contributed by atoms with E-state index < -0.39 is 0 Å². The van der Waals surface area contributed by atoms with Crippen molar-refractivity contribution in [2.45, 2.75) is 13.8 Å². The van der Waals surface area contributed by atoms with Crippen molar-refractivity contribution in [2.24, 2.45) is 5.92 Å². The van der Waals surface area contributed by atoms with Crippen molar-refractivity contribution in [1.29, 1.82) is 10.5 Å². The summed E-state index contributed by atoms with van der Waals surface area (Å²) in [5.74, 6) is 0.559. The number of rotatable bonds is 3. The summed E-state index contributed by atoms with van der Waals surface area (Å²) in [5, 5.41) is 17.7. The van der Waals surface area contributed by atoms with Gasteiger partial charge in [0.1, 0.15) is 11.9 Å². The fraction of sp³-hybridized carbons (Fsp3) is 0.417. The van der Waals surface area contributed by atoms with Crippen molar-refractivity contribution in [3.8, 4) is 12.1 Å². The van der Waals surface area contributed by atoms with Crippen molar-refractivity contribution < 1.29 is 0 Å². The number of pyridine rings is 1. The van der Waals surface area contributed by atoms with E-state index in [1.807, 2.05) is 31.9 Å². The molecule has 0 bridgehead atoms. The zero-order valence-electron chi connectivity index (χ0n) is 9.73. The van der Waals surface area contributed by atoms with Gasteiger partial charge in [0.2, 0.25) is 0 Å². The minimum Gasteiger partial charge on any atom is -0.357 e. The van der Waals surface area contributed by atoms with Crippen LogP contribution in [0.4, 0.5) is 5.82 Å². The summed E-state index contributed by atoms with van der Waals surface area (Å²) in [6.45, 7) is 4.30. The highest BCUT2D eigenvalue weighted by Crippen LogP contribution is 2.17. The molecule has 0 saturated heterocycles. The SMILES string of the molecule is Cc1ccc(C#N)c(N(C)CC(C)C#N)n1. The van der Waals surface area contributed by atoms with Gasteiger partial charge in [0.15, 0.2) is 0 Å². The predicted molar refractivity (Wildman–Crippen MR) is 61.7 cm³/mol. The van der Waals surface area contributed by atoms with Gasteiger partial charge in [-0.3, -0.25) is 0 Å². The lowest BCUT2D eigenvalue weighted by Gasteiger charge is -2.20. The number of aromatic nitrogens is 1. The molecule has 0 spiro atoms. The average Bonchev–Trinajstić information content (AvgIpc) is 2.28. The van der Waals surface area contributed by atoms with E-state index in [1.54, 1.807) is 6.07 Å². The highest BCUT2D eigenvalue weighted by atomic mass is 15.2. The zero-order chi connectivity index (χ0) is 12.1. The molecule has 4 heteroatoms. The van der Waals surface area contributed by atoms with Gasteiger partial charge in [-0.25, -0.2) is 4.98 Å². The molecule has 0 amide bonds. The molecule has 0 radical (unpaired) electrons. The van der Waals surface area contributed by atoms with Crippen LogP contribution in [0, 0.1) is 35.5 Å². The zero-order valence-corrected chi connectivity index (χ0v) is 9.73. The molecule has 0 aliphatic heterocycles. The molecule has 16 heavy (non-hydrogen) atoms. The van der Waals surface area contributed by atoms with Gasteiger partial charge in [-0.1, -0.05) is 0 Å². The molecule has 0 saturated carbocycles. The second kappa shape index (κ2) is 5.14. The Labute approximate surface area is 95.8 Å². The maximum atomic E-state index is 8.97. The summed E-state index contributed by atoms with van der Waals surface area (Å²) >= 11 is 0. The van der Waals surface area contributed by atoms with E-state index in [-0.39, 0.29) is 5.92 Å². The molecule has 1 aromatic rings. The Kier molecular flexibility index (Phi) is 3.85. The van der Waals surface area contributed by atoms with Crippen molar-refractivity contribution in [1.82, 2.24) is 4.98 Å². The first-order valence-corrected chi connectivity index (χ1v) is 5.07. The maximum Gasteiger partial charge on any atom is 0.146 e. The largest absolute Gasteiger partial charge is 0.357 e. The third kappa shape index (κ3) is 2.71. The molecule has 1 heterocycles. The van der Waals surface area contributed by atoms with Gasteiger partial charge in [-0.15, -0.1) is 0 Å². The molecular formula is C12H14N4. The van der Waals surface area contributed by atoms with Crippen LogP contribution in [0.3, 0.4) is 0 Å². The van der Waals surface area contributed by atoms with E-state index >= 15 is 0 Å². The Balaban J connectivity index is 2.99. The second-order valence-corrected chi connectivity index (χ2v) is 3.85. The van der Waals surface area contributed by atoms with Crippen LogP contribution in [-0.4, -0.2) is 18.6 Å². The van der Waals surface area contributed by atoms with Crippen molar-refractivity contribution in [2.75, 3.05) is 18.5 Å². The summed E-state index contributed by atoms with van der Waals surface area (Å²) in [6.07, 6.45) is 0. The van der Waals surface area contributed by atoms with Gasteiger partial charge in [0.25, 0.3) is 0 Å². The Bertz CT molecular complexity index is 453. The van der Waals surface area contributed by atoms with Crippen LogP contribution in [-0.2, 0) is 0 Å². The van der Waals surface area contributed by atoms with Crippen LogP contribution in [0.2, 0.25) is 0 Å². The van der Waals surface area contributed by atoms with Crippen LogP contribution in [0.25, 0.3) is 0 Å². The molecule has 1 unspecified atom stereocenters. The number of nitrogens with zero attached hydrogens (tertiary/aromatic N) is 4. The Morgan fingerprint density at radius 2 is 2.12 bits per heavy atom. The fourth-order valence-corrected chi connectivity index (χ4v) is 1.46. The number of nitriles is 2. The average molecular weight is 214 g/mol. The summed E-state index contributed by atoms with van der Waals surface area (Å²) in [5.41, 5.74) is 1.41. The van der Waals surface area contributed by atoms with Gasteiger partial charge in [-0.05, 0) is 26.0 Å². The van der Waals surface area contributed by atoms with Crippen LogP contribution in [0.15, 0.2) is 12.1 Å². The summed E-state index contributed by atoms with van der Waals surface area (Å²) in [6, 6.07) is 7.84. The topological polar surface area (TPSA) is 63.7 Å². The monoisotopic (exact) mass is 214 g/mol. The van der Waals surface area contributed by atoms with Gasteiger partial charge in [0.05, 0.1) is 17.6 Å². The van der Waals surface area contributed by atoms with Gasteiger partial charge >= 0.3 is 0 Å². The van der Waals surface area contributed by atoms with E-state index in [0.29, 0.717) is 17.9 Å². The summed E-state index contributed by atoms with van der Waals surface area (Å²) < 4.78 is 0. The first-order valence-electron chi connectivity index (χ1n) is 5.07. The van der Waals surface area contributed by atoms with E-state index in [4.69, 9.17) is 10.5 Å². The van der Waals surface area contributed by atoms with Crippen molar-refractivity contribution in [3.63, 3.8) is 0 Å². The number of hydrogen-bond donors (Lipinski definition) is 0. The minimum atomic E-state index is -0.0844. The van der Waals surface area contributed by atoms with E-state index in [1.165, 1.54) is 0 Å². The van der Waals surface area contributed by atoms with Crippen LogP contribution >= 0.6 is 0 Å². The molecule has 1 rings (SSSR count). The van der Waals surface area contributed by atoms with Crippen molar-refractivity contribution in [3.05, 3.63) is 23.4 Å². The Morgan fingerprint density at radius 3 is 2.69 bits per heavy atom. The smallest absolute Gasteiger partial charge is 0.146 e. The molecule has 0 fully saturated rings. The van der Waals surface area contributed by atoms with Gasteiger partial charge < -0.3 is 4.90 Å². The highest BCUT2D eigenvalue weighted by Gasteiger charge is 2.12. The molecule has 82 valence electrons. The predicted octanol–water partition coefficient (Wildman–Crippen LogP) is 1.86. The highest BCUT2D eigenvalue weighted by molar-refractivity contribution is 5.53. The van der Waals surface area contributed by atoms with Crippen LogP contribution < -0.4 is 4.90 Å². The number of hydrogen-bond acceptors (Lipinski definition) is 4. The number of aryl methyl sites for hydroxylation is 1. The molecular weight excluding hydrogens is 200 g/mol. The van der Waals surface area contributed by atoms with E-state index in [9.17, 15) is 0 Å².